The Balaban J connectivity index is 2.20. The maximum absolute atomic E-state index is 11.1. The molecule has 1 aliphatic heterocycles. The molecule has 2 N–H and O–H groups in total. The van der Waals surface area contributed by atoms with Crippen LogP contribution in [0.5, 0.6) is 11.5 Å². The number of carbonyl (C=O) groups excluding carboxylic acids is 1. The van der Waals surface area contributed by atoms with Crippen molar-refractivity contribution in [3.05, 3.63) is 35.4 Å². The van der Waals surface area contributed by atoms with Gasteiger partial charge in [-0.3, -0.25) is 0 Å². The number of carboxylic acids is 1. The molecular weight excluding hydrogens is 240 g/mol. The van der Waals surface area contributed by atoms with E-state index in [4.69, 9.17) is 14.6 Å². The average Bonchev–Trinajstić information content (AvgIpc) is 2.56. The fraction of sp³-hybridized carbons (Fsp3) is 0.167. The second-order valence-electron chi connectivity index (χ2n) is 3.76. The third-order valence-corrected chi connectivity index (χ3v) is 2.32. The van der Waals surface area contributed by atoms with Crippen LogP contribution < -0.4 is 4.74 Å². The van der Waals surface area contributed by atoms with E-state index in [1.807, 2.05) is 0 Å². The quantitative estimate of drug-likeness (QED) is 0.785. The summed E-state index contributed by atoms with van der Waals surface area (Å²) in [4.78, 5) is 21.9. The summed E-state index contributed by atoms with van der Waals surface area (Å²) in [5, 5.41) is 18.2. The van der Waals surface area contributed by atoms with Crippen LogP contribution in [0.4, 0.5) is 0 Å². The zero-order chi connectivity index (χ0) is 13.3. The van der Waals surface area contributed by atoms with Crippen molar-refractivity contribution in [2.45, 2.75) is 13.2 Å². The lowest BCUT2D eigenvalue weighted by Gasteiger charge is -2.12. The molecule has 0 bridgehead atoms. The summed E-state index contributed by atoms with van der Waals surface area (Å²) in [7, 11) is 0. The Kier molecular flexibility index (Phi) is 2.93. The molecule has 0 radical (unpaired) electrons. The Labute approximate surface area is 102 Å². The number of phenols is 1. The summed E-state index contributed by atoms with van der Waals surface area (Å²) in [5.74, 6) is -1.81. The molecule has 1 aromatic carbocycles. The molecule has 94 valence electrons. The molecule has 0 spiro atoms. The molecule has 1 unspecified atom stereocenters. The normalized spacial score (nSPS) is 18.2. The minimum absolute atomic E-state index is 0.108. The maximum atomic E-state index is 11.1. The van der Waals surface area contributed by atoms with Crippen molar-refractivity contribution < 1.29 is 29.3 Å². The summed E-state index contributed by atoms with van der Waals surface area (Å²) < 4.78 is 10.1. The minimum Gasteiger partial charge on any atom is -0.508 e. The number of phenolic OH excluding ortho intramolecular Hbond substituents is 1. The van der Waals surface area contributed by atoms with Crippen molar-refractivity contribution in [3.8, 4) is 11.5 Å². The Hall–Kier alpha value is -2.50. The summed E-state index contributed by atoms with van der Waals surface area (Å²) in [6, 6.07) is 3.57. The first-order valence-corrected chi connectivity index (χ1v) is 5.09. The molecule has 1 atom stereocenters. The van der Waals surface area contributed by atoms with Crippen LogP contribution in [0.2, 0.25) is 0 Å². The van der Waals surface area contributed by atoms with Gasteiger partial charge in [-0.05, 0) is 19.1 Å². The third kappa shape index (κ3) is 2.42. The molecule has 0 aliphatic carbocycles. The Morgan fingerprint density at radius 2 is 2.11 bits per heavy atom. The molecule has 1 heterocycles. The lowest BCUT2D eigenvalue weighted by atomic mass is 10.2. The number of ether oxygens (including phenoxy) is 2. The lowest BCUT2D eigenvalue weighted by molar-refractivity contribution is -0.148. The van der Waals surface area contributed by atoms with Crippen LogP contribution in [-0.2, 0) is 9.53 Å². The van der Waals surface area contributed by atoms with E-state index in [1.165, 1.54) is 18.2 Å². The van der Waals surface area contributed by atoms with Gasteiger partial charge in [-0.2, -0.15) is 0 Å². The zero-order valence-electron chi connectivity index (χ0n) is 9.41. The molecule has 2 rings (SSSR count). The van der Waals surface area contributed by atoms with Gasteiger partial charge in [-0.1, -0.05) is 0 Å². The predicted octanol–water partition coefficient (Wildman–Crippen LogP) is 1.30. The number of carbonyl (C=O) groups is 2. The highest BCUT2D eigenvalue weighted by molar-refractivity contribution is 5.90. The van der Waals surface area contributed by atoms with Gasteiger partial charge in [0.1, 0.15) is 11.5 Å². The van der Waals surface area contributed by atoms with Crippen molar-refractivity contribution >= 4 is 11.9 Å². The Morgan fingerprint density at radius 3 is 2.67 bits per heavy atom. The molecule has 0 aromatic heterocycles. The first-order chi connectivity index (χ1) is 8.45. The zero-order valence-corrected chi connectivity index (χ0v) is 9.41. The third-order valence-electron chi connectivity index (χ3n) is 2.32. The molecule has 6 nitrogen and oxygen atoms in total. The Morgan fingerprint density at radius 1 is 1.39 bits per heavy atom. The first kappa shape index (κ1) is 12.0. The Bertz CT molecular complexity index is 545. The number of carboxylic acid groups (broad SMARTS) is 1. The lowest BCUT2D eigenvalue weighted by Crippen LogP contribution is -2.15. The van der Waals surface area contributed by atoms with Gasteiger partial charge in [0, 0.05) is 17.7 Å². The fourth-order valence-corrected chi connectivity index (χ4v) is 1.47. The van der Waals surface area contributed by atoms with Gasteiger partial charge >= 0.3 is 11.9 Å². The second-order valence-corrected chi connectivity index (χ2v) is 3.76. The number of esters is 1. The number of hydrogen-bond acceptors (Lipinski definition) is 5. The van der Waals surface area contributed by atoms with Crippen LogP contribution in [0.15, 0.2) is 29.8 Å². The molecule has 1 aliphatic rings. The van der Waals surface area contributed by atoms with Crippen LogP contribution in [0, 0.1) is 0 Å². The number of hydrogen-bond donors (Lipinski definition) is 2. The van der Waals surface area contributed by atoms with E-state index in [2.05, 4.69) is 0 Å². The van der Waals surface area contributed by atoms with Crippen molar-refractivity contribution in [2.75, 3.05) is 0 Å². The molecule has 6 heteroatoms. The van der Waals surface area contributed by atoms with Crippen LogP contribution >= 0.6 is 0 Å². The van der Waals surface area contributed by atoms with Gasteiger partial charge in [0.2, 0.25) is 0 Å². The average molecular weight is 250 g/mol. The summed E-state index contributed by atoms with van der Waals surface area (Å²) >= 11 is 0. The van der Waals surface area contributed by atoms with Gasteiger partial charge in [-0.15, -0.1) is 0 Å². The highest BCUT2D eigenvalue weighted by Gasteiger charge is 2.24. The van der Waals surface area contributed by atoms with Crippen molar-refractivity contribution in [3.63, 3.8) is 0 Å². The largest absolute Gasteiger partial charge is 0.508 e. The number of benzene rings is 1. The highest BCUT2D eigenvalue weighted by atomic mass is 16.7. The molecule has 1 aromatic rings. The van der Waals surface area contributed by atoms with E-state index < -0.39 is 18.2 Å². The van der Waals surface area contributed by atoms with Gasteiger partial charge < -0.3 is 19.7 Å². The molecule has 0 amide bonds. The van der Waals surface area contributed by atoms with Crippen molar-refractivity contribution in [2.24, 2.45) is 0 Å². The number of rotatable bonds is 3. The molecule has 0 fully saturated rings. The number of aromatic hydroxyl groups is 1. The van der Waals surface area contributed by atoms with E-state index in [0.717, 1.165) is 6.07 Å². The molecule has 18 heavy (non-hydrogen) atoms. The monoisotopic (exact) mass is 250 g/mol. The second kappa shape index (κ2) is 4.40. The SMILES string of the molecule is CC1=CC(Oc2cc(O)cc(C(=O)O)c2)OC1=O. The van der Waals surface area contributed by atoms with E-state index >= 15 is 0 Å². The van der Waals surface area contributed by atoms with Crippen LogP contribution in [0.3, 0.4) is 0 Å². The van der Waals surface area contributed by atoms with Crippen LogP contribution in [-0.4, -0.2) is 28.4 Å². The van der Waals surface area contributed by atoms with E-state index in [0.29, 0.717) is 5.57 Å². The molecule has 0 saturated carbocycles. The van der Waals surface area contributed by atoms with Gasteiger partial charge in [-0.25, -0.2) is 9.59 Å². The van der Waals surface area contributed by atoms with Crippen LogP contribution in [0.25, 0.3) is 0 Å². The van der Waals surface area contributed by atoms with E-state index in [-0.39, 0.29) is 17.1 Å². The molecule has 0 saturated heterocycles. The topological polar surface area (TPSA) is 93.1 Å². The van der Waals surface area contributed by atoms with Crippen LogP contribution in [0.1, 0.15) is 17.3 Å². The van der Waals surface area contributed by atoms with Gasteiger partial charge in [0.15, 0.2) is 0 Å². The number of aromatic carboxylic acids is 1. The first-order valence-electron chi connectivity index (χ1n) is 5.09. The van der Waals surface area contributed by atoms with Crippen molar-refractivity contribution in [1.82, 2.24) is 0 Å². The highest BCUT2D eigenvalue weighted by Crippen LogP contribution is 2.25. The predicted molar refractivity (Wildman–Crippen MR) is 59.3 cm³/mol. The maximum Gasteiger partial charge on any atom is 0.336 e. The summed E-state index contributed by atoms with van der Waals surface area (Å²) in [6.45, 7) is 1.58. The fourth-order valence-electron chi connectivity index (χ4n) is 1.47. The van der Waals surface area contributed by atoms with E-state index in [1.54, 1.807) is 6.92 Å². The van der Waals surface area contributed by atoms with E-state index in [9.17, 15) is 14.7 Å². The van der Waals surface area contributed by atoms with Crippen molar-refractivity contribution in [1.29, 1.82) is 0 Å². The minimum atomic E-state index is -1.19. The van der Waals surface area contributed by atoms with Gasteiger partial charge in [0.05, 0.1) is 5.56 Å². The van der Waals surface area contributed by atoms with Gasteiger partial charge in [0.25, 0.3) is 6.29 Å². The summed E-state index contributed by atoms with van der Waals surface area (Å²) in [6.07, 6.45) is 0.563. The number of cyclic esters (lactones) is 1. The smallest absolute Gasteiger partial charge is 0.336 e. The standard InChI is InChI=1S/C12H10O6/c1-6-2-10(18-12(6)16)17-9-4-7(11(14)15)3-8(13)5-9/h2-5,10,13H,1H3,(H,14,15). The summed E-state index contributed by atoms with van der Waals surface area (Å²) in [5.41, 5.74) is 0.300. The molecular formula is C12H10O6.